The average molecular weight is 283 g/mol. The lowest BCUT2D eigenvalue weighted by Crippen LogP contribution is -2.22. The van der Waals surface area contributed by atoms with Crippen molar-refractivity contribution in [3.63, 3.8) is 0 Å². The minimum atomic E-state index is -0.000796. The maximum Gasteiger partial charge on any atom is 0.323 e. The smallest absolute Gasteiger partial charge is 0.323 e. The highest BCUT2D eigenvalue weighted by molar-refractivity contribution is 5.36. The second-order valence-corrected chi connectivity index (χ2v) is 4.72. The van der Waals surface area contributed by atoms with Crippen LogP contribution in [0.2, 0.25) is 0 Å². The molecule has 7 heteroatoms. The topological polar surface area (TPSA) is 92.2 Å². The van der Waals surface area contributed by atoms with E-state index in [1.165, 1.54) is 0 Å². The summed E-state index contributed by atoms with van der Waals surface area (Å²) in [4.78, 5) is 12.7. The molecule has 0 spiro atoms. The lowest BCUT2D eigenvalue weighted by molar-refractivity contribution is 0.222. The third-order valence-corrected chi connectivity index (χ3v) is 2.59. The van der Waals surface area contributed by atoms with Gasteiger partial charge in [-0.05, 0) is 33.6 Å². The van der Waals surface area contributed by atoms with Crippen LogP contribution in [0.15, 0.2) is 0 Å². The number of nitrogens with zero attached hydrogens (tertiary/aromatic N) is 3. The number of hydrogen-bond acceptors (Lipinski definition) is 7. The molecule has 0 aliphatic rings. The third kappa shape index (κ3) is 5.56. The summed E-state index contributed by atoms with van der Waals surface area (Å²) in [5.74, 6) is 0.950. The molecule has 0 fully saturated rings. The summed E-state index contributed by atoms with van der Waals surface area (Å²) >= 11 is 0. The molecule has 0 aromatic carbocycles. The monoisotopic (exact) mass is 283 g/mol. The predicted octanol–water partition coefficient (Wildman–Crippen LogP) is 1.66. The molecule has 1 aromatic rings. The van der Waals surface area contributed by atoms with Crippen molar-refractivity contribution in [1.82, 2.24) is 15.0 Å². The summed E-state index contributed by atoms with van der Waals surface area (Å²) in [6.07, 6.45) is 1.53. The Kier molecular flexibility index (Phi) is 7.00. The zero-order valence-electron chi connectivity index (χ0n) is 12.7. The van der Waals surface area contributed by atoms with Crippen molar-refractivity contribution in [2.24, 2.45) is 0 Å². The van der Waals surface area contributed by atoms with Gasteiger partial charge in [0.2, 0.25) is 11.9 Å². The van der Waals surface area contributed by atoms with Crippen LogP contribution in [0.5, 0.6) is 6.01 Å². The Morgan fingerprint density at radius 3 is 2.40 bits per heavy atom. The van der Waals surface area contributed by atoms with Crippen molar-refractivity contribution in [2.45, 2.75) is 52.7 Å². The first-order valence-corrected chi connectivity index (χ1v) is 7.13. The van der Waals surface area contributed by atoms with Gasteiger partial charge in [-0.15, -0.1) is 0 Å². The van der Waals surface area contributed by atoms with Crippen LogP contribution in [0.25, 0.3) is 0 Å². The Morgan fingerprint density at radius 2 is 1.85 bits per heavy atom. The SMILES string of the molecule is CCNc1nc(NC(CC)CCO)nc(OC(C)C)n1. The van der Waals surface area contributed by atoms with Crippen LogP contribution in [-0.2, 0) is 0 Å². The normalized spacial score (nSPS) is 12.3. The van der Waals surface area contributed by atoms with Gasteiger partial charge in [0.15, 0.2) is 0 Å². The molecule has 1 unspecified atom stereocenters. The molecule has 0 aliphatic heterocycles. The Labute approximate surface area is 120 Å². The van der Waals surface area contributed by atoms with Crippen molar-refractivity contribution in [2.75, 3.05) is 23.8 Å². The fourth-order valence-corrected chi connectivity index (χ4v) is 1.64. The summed E-state index contributed by atoms with van der Waals surface area (Å²) in [7, 11) is 0. The highest BCUT2D eigenvalue weighted by Crippen LogP contribution is 2.14. The van der Waals surface area contributed by atoms with E-state index in [9.17, 15) is 0 Å². The number of anilines is 2. The second kappa shape index (κ2) is 8.52. The van der Waals surface area contributed by atoms with E-state index < -0.39 is 0 Å². The average Bonchev–Trinajstić information content (AvgIpc) is 2.37. The minimum absolute atomic E-state index is 0.000796. The molecule has 7 nitrogen and oxygen atoms in total. The number of aliphatic hydroxyl groups is 1. The number of rotatable bonds is 9. The predicted molar refractivity (Wildman–Crippen MR) is 79.2 cm³/mol. The van der Waals surface area contributed by atoms with Crippen LogP contribution in [-0.4, -0.2) is 45.4 Å². The largest absolute Gasteiger partial charge is 0.461 e. The molecule has 0 bridgehead atoms. The summed E-state index contributed by atoms with van der Waals surface area (Å²) in [6.45, 7) is 8.71. The second-order valence-electron chi connectivity index (χ2n) is 4.72. The molecular weight excluding hydrogens is 258 g/mol. The Hall–Kier alpha value is -1.63. The van der Waals surface area contributed by atoms with Gasteiger partial charge in [0.1, 0.15) is 0 Å². The van der Waals surface area contributed by atoms with Crippen molar-refractivity contribution >= 4 is 11.9 Å². The van der Waals surface area contributed by atoms with Gasteiger partial charge >= 0.3 is 6.01 Å². The van der Waals surface area contributed by atoms with Gasteiger partial charge < -0.3 is 20.5 Å². The van der Waals surface area contributed by atoms with E-state index in [4.69, 9.17) is 9.84 Å². The van der Waals surface area contributed by atoms with Gasteiger partial charge in [-0.3, -0.25) is 0 Å². The summed E-state index contributed by atoms with van der Waals surface area (Å²) < 4.78 is 5.53. The molecular formula is C13H25N5O2. The van der Waals surface area contributed by atoms with E-state index >= 15 is 0 Å². The molecule has 0 amide bonds. The fraction of sp³-hybridized carbons (Fsp3) is 0.769. The van der Waals surface area contributed by atoms with Gasteiger partial charge in [-0.25, -0.2) is 0 Å². The minimum Gasteiger partial charge on any atom is -0.461 e. The molecule has 0 radical (unpaired) electrons. The Bertz CT molecular complexity index is 400. The molecule has 1 atom stereocenters. The zero-order valence-corrected chi connectivity index (χ0v) is 12.7. The lowest BCUT2D eigenvalue weighted by atomic mass is 10.2. The van der Waals surface area contributed by atoms with Gasteiger partial charge in [0.05, 0.1) is 6.10 Å². The first kappa shape index (κ1) is 16.4. The first-order chi connectivity index (χ1) is 9.58. The highest BCUT2D eigenvalue weighted by Gasteiger charge is 2.12. The fourth-order valence-electron chi connectivity index (χ4n) is 1.64. The number of hydrogen-bond donors (Lipinski definition) is 3. The Balaban J connectivity index is 2.89. The number of aliphatic hydroxyl groups excluding tert-OH is 1. The maximum atomic E-state index is 9.03. The summed E-state index contributed by atoms with van der Waals surface area (Å²) in [5.41, 5.74) is 0. The van der Waals surface area contributed by atoms with E-state index in [-0.39, 0.29) is 18.8 Å². The summed E-state index contributed by atoms with van der Waals surface area (Å²) in [5, 5.41) is 15.3. The number of aromatic nitrogens is 3. The zero-order chi connectivity index (χ0) is 15.0. The number of nitrogens with one attached hydrogen (secondary N) is 2. The standard InChI is InChI=1S/C13H25N5O2/c1-5-10(7-8-19)15-12-16-11(14-6-2)17-13(18-12)20-9(3)4/h9-10,19H,5-8H2,1-4H3,(H2,14,15,16,17,18). The van der Waals surface area contributed by atoms with Crippen molar-refractivity contribution in [3.05, 3.63) is 0 Å². The van der Waals surface area contributed by atoms with Gasteiger partial charge in [-0.2, -0.15) is 15.0 Å². The van der Waals surface area contributed by atoms with Crippen LogP contribution >= 0.6 is 0 Å². The maximum absolute atomic E-state index is 9.03. The molecule has 0 aliphatic carbocycles. The highest BCUT2D eigenvalue weighted by atomic mass is 16.5. The molecule has 1 heterocycles. The van der Waals surface area contributed by atoms with Crippen molar-refractivity contribution in [1.29, 1.82) is 0 Å². The molecule has 3 N–H and O–H groups in total. The molecule has 0 saturated heterocycles. The van der Waals surface area contributed by atoms with Gasteiger partial charge in [-0.1, -0.05) is 6.92 Å². The van der Waals surface area contributed by atoms with Gasteiger partial charge in [0.25, 0.3) is 0 Å². The molecule has 114 valence electrons. The van der Waals surface area contributed by atoms with Crippen molar-refractivity contribution < 1.29 is 9.84 Å². The van der Waals surface area contributed by atoms with E-state index in [1.54, 1.807) is 0 Å². The molecule has 1 aromatic heterocycles. The molecule has 1 rings (SSSR count). The van der Waals surface area contributed by atoms with Crippen LogP contribution in [0.4, 0.5) is 11.9 Å². The Morgan fingerprint density at radius 1 is 1.15 bits per heavy atom. The molecule has 0 saturated carbocycles. The summed E-state index contributed by atoms with van der Waals surface area (Å²) in [6, 6.07) is 0.427. The van der Waals surface area contributed by atoms with Crippen molar-refractivity contribution in [3.8, 4) is 6.01 Å². The van der Waals surface area contributed by atoms with Gasteiger partial charge in [0, 0.05) is 19.2 Å². The lowest BCUT2D eigenvalue weighted by Gasteiger charge is -2.17. The van der Waals surface area contributed by atoms with Crippen LogP contribution in [0, 0.1) is 0 Å². The van der Waals surface area contributed by atoms with E-state index in [1.807, 2.05) is 27.7 Å². The van der Waals surface area contributed by atoms with E-state index in [0.717, 1.165) is 13.0 Å². The van der Waals surface area contributed by atoms with Crippen LogP contribution in [0.3, 0.4) is 0 Å². The van der Waals surface area contributed by atoms with Crippen LogP contribution < -0.4 is 15.4 Å². The number of ether oxygens (including phenoxy) is 1. The third-order valence-electron chi connectivity index (χ3n) is 2.59. The first-order valence-electron chi connectivity index (χ1n) is 7.13. The molecule has 20 heavy (non-hydrogen) atoms. The van der Waals surface area contributed by atoms with E-state index in [0.29, 0.717) is 24.3 Å². The van der Waals surface area contributed by atoms with E-state index in [2.05, 4.69) is 25.6 Å². The quantitative estimate of drug-likeness (QED) is 0.634. The van der Waals surface area contributed by atoms with Crippen LogP contribution in [0.1, 0.15) is 40.5 Å².